The summed E-state index contributed by atoms with van der Waals surface area (Å²) in [7, 11) is -0.598. The number of hydrogen-bond acceptors (Lipinski definition) is 5. The molecule has 0 radical (unpaired) electrons. The maximum absolute atomic E-state index is 14.8. The largest absolute Gasteiger partial charge is 0.497 e. The van der Waals surface area contributed by atoms with Crippen LogP contribution >= 0.6 is 11.6 Å². The SMILES string of the molecule is COc1ccc([Si](C)(C)[C@H]2[C@H](CCO)O[C@@]3(C(=O)N(Cc4ccc(N5CCCCCCC5=O)cc4)c4ccc(Cl)cc43)[C@@H]2C)cc1. The minimum Gasteiger partial charge on any atom is -0.497 e. The summed E-state index contributed by atoms with van der Waals surface area (Å²) >= 11 is 6.60. The number of hydrogen-bond donors (Lipinski definition) is 1. The molecule has 0 saturated carbocycles. The van der Waals surface area contributed by atoms with E-state index in [9.17, 15) is 14.7 Å². The van der Waals surface area contributed by atoms with Gasteiger partial charge in [-0.25, -0.2) is 0 Å². The standard InChI is InChI=1S/C37H45ClN2O5Si/c1-25-35(46(3,4)30-17-15-29(44-2)16-18-30)33(20-22-41)45-37(25)31-23-27(38)12-19-32(31)40(36(37)43)24-26-10-13-28(14-11-26)39-21-8-6-5-7-9-34(39)42/h10-19,23,25,33,35,41H,5-9,20-22,24H2,1-4H3/t25-,33+,35-,37+/m1/s1. The van der Waals surface area contributed by atoms with E-state index >= 15 is 0 Å². The van der Waals surface area contributed by atoms with E-state index in [1.165, 1.54) is 5.19 Å². The smallest absolute Gasteiger partial charge is 0.264 e. The number of ether oxygens (including phenoxy) is 2. The Labute approximate surface area is 278 Å². The van der Waals surface area contributed by atoms with E-state index in [2.05, 4.69) is 32.2 Å². The van der Waals surface area contributed by atoms with Crippen molar-refractivity contribution in [3.63, 3.8) is 0 Å². The lowest BCUT2D eigenvalue weighted by Crippen LogP contribution is -2.51. The number of benzene rings is 3. The van der Waals surface area contributed by atoms with Crippen molar-refractivity contribution in [3.8, 4) is 5.75 Å². The molecule has 3 heterocycles. The van der Waals surface area contributed by atoms with Gasteiger partial charge < -0.3 is 24.4 Å². The molecule has 2 amide bonds. The first kappa shape index (κ1) is 32.8. The molecule has 9 heteroatoms. The number of carbonyl (C=O) groups is 2. The predicted molar refractivity (Wildman–Crippen MR) is 186 cm³/mol. The molecule has 244 valence electrons. The zero-order valence-corrected chi connectivity index (χ0v) is 29.1. The zero-order valence-electron chi connectivity index (χ0n) is 27.3. The Morgan fingerprint density at radius 3 is 2.41 bits per heavy atom. The molecule has 3 aliphatic rings. The summed E-state index contributed by atoms with van der Waals surface area (Å²) in [4.78, 5) is 31.4. The normalized spacial score (nSPS) is 25.1. The van der Waals surface area contributed by atoms with E-state index in [1.54, 1.807) is 7.11 Å². The van der Waals surface area contributed by atoms with Crippen molar-refractivity contribution in [2.45, 2.75) is 82.3 Å². The van der Waals surface area contributed by atoms with Crippen molar-refractivity contribution in [2.75, 3.05) is 30.1 Å². The molecule has 4 atom stereocenters. The van der Waals surface area contributed by atoms with Gasteiger partial charge in [-0.05, 0) is 72.8 Å². The molecule has 0 bridgehead atoms. The Kier molecular flexibility index (Phi) is 9.36. The number of aliphatic hydroxyl groups is 1. The van der Waals surface area contributed by atoms with Gasteiger partial charge in [-0.1, -0.05) is 73.9 Å². The fourth-order valence-electron chi connectivity index (χ4n) is 8.24. The second-order valence-corrected chi connectivity index (χ2v) is 18.7. The molecule has 0 aliphatic carbocycles. The number of carbonyl (C=O) groups excluding carboxylic acids is 2. The molecular weight excluding hydrogens is 616 g/mol. The third-order valence-electron chi connectivity index (χ3n) is 10.6. The average Bonchev–Trinajstić information content (AvgIpc) is 3.46. The second-order valence-electron chi connectivity index (χ2n) is 13.6. The van der Waals surface area contributed by atoms with Crippen LogP contribution in [0, 0.1) is 5.92 Å². The number of methoxy groups -OCH3 is 1. The molecule has 0 aromatic heterocycles. The minimum atomic E-state index is -2.26. The van der Waals surface area contributed by atoms with Crippen LogP contribution in [0.5, 0.6) is 5.75 Å². The van der Waals surface area contributed by atoms with Crippen LogP contribution in [0.2, 0.25) is 23.7 Å². The van der Waals surface area contributed by atoms with Gasteiger partial charge in [0.2, 0.25) is 5.91 Å². The van der Waals surface area contributed by atoms with Gasteiger partial charge in [0.05, 0.1) is 33.5 Å². The molecular formula is C37H45ClN2O5Si. The molecule has 1 spiro atoms. The van der Waals surface area contributed by atoms with E-state index in [0.717, 1.165) is 60.5 Å². The van der Waals surface area contributed by atoms with Crippen LogP contribution in [0.1, 0.15) is 56.6 Å². The number of rotatable bonds is 8. The maximum atomic E-state index is 14.8. The fourth-order valence-corrected chi connectivity index (χ4v) is 12.5. The van der Waals surface area contributed by atoms with Crippen LogP contribution < -0.4 is 19.7 Å². The number of anilines is 2. The van der Waals surface area contributed by atoms with Crippen LogP contribution in [0.4, 0.5) is 11.4 Å². The van der Waals surface area contributed by atoms with Crippen molar-refractivity contribution < 1.29 is 24.2 Å². The Morgan fingerprint density at radius 2 is 1.72 bits per heavy atom. The lowest BCUT2D eigenvalue weighted by molar-refractivity contribution is -0.146. The highest BCUT2D eigenvalue weighted by molar-refractivity contribution is 6.91. The Balaban J connectivity index is 1.33. The van der Waals surface area contributed by atoms with Crippen molar-refractivity contribution in [2.24, 2.45) is 5.92 Å². The van der Waals surface area contributed by atoms with Gasteiger partial charge in [0, 0.05) is 41.8 Å². The van der Waals surface area contributed by atoms with Crippen LogP contribution in [-0.4, -0.2) is 51.4 Å². The lowest BCUT2D eigenvalue weighted by atomic mass is 9.82. The molecule has 1 N–H and O–H groups in total. The summed E-state index contributed by atoms with van der Waals surface area (Å²) in [5.74, 6) is 0.725. The summed E-state index contributed by atoms with van der Waals surface area (Å²) in [6.07, 6.45) is 4.94. The van der Waals surface area contributed by atoms with E-state index in [4.69, 9.17) is 21.1 Å². The second kappa shape index (κ2) is 13.1. The number of fused-ring (bicyclic) bond motifs is 2. The van der Waals surface area contributed by atoms with Crippen molar-refractivity contribution in [1.82, 2.24) is 0 Å². The van der Waals surface area contributed by atoms with Crippen molar-refractivity contribution >= 4 is 48.1 Å². The Hall–Kier alpha value is -3.17. The van der Waals surface area contributed by atoms with Gasteiger partial charge in [-0.3, -0.25) is 9.59 Å². The topological polar surface area (TPSA) is 79.3 Å². The van der Waals surface area contributed by atoms with Gasteiger partial charge >= 0.3 is 0 Å². The lowest BCUT2D eigenvalue weighted by Gasteiger charge is -2.37. The molecule has 0 unspecified atom stereocenters. The van der Waals surface area contributed by atoms with Gasteiger partial charge in [0.25, 0.3) is 5.91 Å². The first-order valence-electron chi connectivity index (χ1n) is 16.6. The molecule has 2 saturated heterocycles. The van der Waals surface area contributed by atoms with E-state index in [0.29, 0.717) is 24.4 Å². The molecule has 2 fully saturated rings. The van der Waals surface area contributed by atoms with Gasteiger partial charge in [0.1, 0.15) is 5.75 Å². The molecule has 6 rings (SSSR count). The molecule has 3 aromatic rings. The van der Waals surface area contributed by atoms with E-state index < -0.39 is 13.7 Å². The van der Waals surface area contributed by atoms with Gasteiger partial charge in [0.15, 0.2) is 5.60 Å². The number of amides is 2. The van der Waals surface area contributed by atoms with E-state index in [-0.39, 0.29) is 36.0 Å². The number of halogens is 1. The van der Waals surface area contributed by atoms with Crippen LogP contribution in [-0.2, 0) is 26.5 Å². The summed E-state index contributed by atoms with van der Waals surface area (Å²) < 4.78 is 12.4. The molecule has 3 aromatic carbocycles. The summed E-state index contributed by atoms with van der Waals surface area (Å²) in [6.45, 7) is 7.88. The third-order valence-corrected chi connectivity index (χ3v) is 15.2. The summed E-state index contributed by atoms with van der Waals surface area (Å²) in [5.41, 5.74) is 2.32. The van der Waals surface area contributed by atoms with Crippen LogP contribution in [0.3, 0.4) is 0 Å². The Morgan fingerprint density at radius 1 is 1.00 bits per heavy atom. The molecule has 7 nitrogen and oxygen atoms in total. The van der Waals surface area contributed by atoms with Crippen molar-refractivity contribution in [3.05, 3.63) is 82.9 Å². The monoisotopic (exact) mass is 660 g/mol. The molecule has 46 heavy (non-hydrogen) atoms. The summed E-state index contributed by atoms with van der Waals surface area (Å²) in [6, 6.07) is 21.9. The third kappa shape index (κ3) is 5.67. The zero-order chi connectivity index (χ0) is 32.6. The average molecular weight is 661 g/mol. The number of aliphatic hydroxyl groups excluding tert-OH is 1. The highest BCUT2D eigenvalue weighted by atomic mass is 35.5. The highest BCUT2D eigenvalue weighted by Crippen LogP contribution is 2.60. The summed E-state index contributed by atoms with van der Waals surface area (Å²) in [5, 5.41) is 12.0. The first-order chi connectivity index (χ1) is 22.1. The van der Waals surface area contributed by atoms with Crippen LogP contribution in [0.15, 0.2) is 66.7 Å². The van der Waals surface area contributed by atoms with Crippen LogP contribution in [0.25, 0.3) is 0 Å². The molecule has 3 aliphatic heterocycles. The van der Waals surface area contributed by atoms with Gasteiger partial charge in [-0.2, -0.15) is 0 Å². The highest BCUT2D eigenvalue weighted by Gasteiger charge is 2.66. The van der Waals surface area contributed by atoms with Gasteiger partial charge in [-0.15, -0.1) is 0 Å². The number of nitrogens with zero attached hydrogens (tertiary/aromatic N) is 2. The predicted octanol–water partition coefficient (Wildman–Crippen LogP) is 6.79. The first-order valence-corrected chi connectivity index (χ1v) is 20.0. The fraction of sp³-hybridized carbons (Fsp3) is 0.459. The minimum absolute atomic E-state index is 0.0246. The van der Waals surface area contributed by atoms with Crippen molar-refractivity contribution in [1.29, 1.82) is 0 Å². The quantitative estimate of drug-likeness (QED) is 0.269. The Bertz CT molecular complexity index is 1580. The maximum Gasteiger partial charge on any atom is 0.264 e. The van der Waals surface area contributed by atoms with E-state index in [1.807, 2.05) is 64.4 Å².